The van der Waals surface area contributed by atoms with Gasteiger partial charge in [0, 0.05) is 24.5 Å². The van der Waals surface area contributed by atoms with Crippen LogP contribution < -0.4 is 5.32 Å². The van der Waals surface area contributed by atoms with Gasteiger partial charge in [-0.2, -0.15) is 0 Å². The lowest BCUT2D eigenvalue weighted by Gasteiger charge is -2.12. The van der Waals surface area contributed by atoms with E-state index in [1.807, 2.05) is 6.07 Å². The predicted molar refractivity (Wildman–Crippen MR) is 47.5 cm³/mol. The molecular weight excluding hydrogens is 150 g/mol. The molecule has 1 aromatic rings. The minimum Gasteiger partial charge on any atom is -0.312 e. The van der Waals surface area contributed by atoms with Crippen LogP contribution in [-0.2, 0) is 0 Å². The molecule has 62 valence electrons. The number of nitrogens with zero attached hydrogens (tertiary/aromatic N) is 2. The normalized spacial score (nSPS) is 17.2. The largest absolute Gasteiger partial charge is 0.312 e. The SMILES string of the molecule is C1=C(c2ncccn2)CNCC1. The van der Waals surface area contributed by atoms with Crippen molar-refractivity contribution in [2.45, 2.75) is 6.42 Å². The van der Waals surface area contributed by atoms with Crippen LogP contribution >= 0.6 is 0 Å². The molecule has 1 aliphatic heterocycles. The molecular formula is C9H11N3. The Morgan fingerprint density at radius 2 is 2.08 bits per heavy atom. The van der Waals surface area contributed by atoms with Gasteiger partial charge >= 0.3 is 0 Å². The summed E-state index contributed by atoms with van der Waals surface area (Å²) >= 11 is 0. The maximum atomic E-state index is 4.18. The van der Waals surface area contributed by atoms with Crippen LogP contribution in [0.25, 0.3) is 5.57 Å². The van der Waals surface area contributed by atoms with Crippen molar-refractivity contribution in [2.75, 3.05) is 13.1 Å². The van der Waals surface area contributed by atoms with Gasteiger partial charge in [0.1, 0.15) is 0 Å². The maximum Gasteiger partial charge on any atom is 0.155 e. The summed E-state index contributed by atoms with van der Waals surface area (Å²) in [6.45, 7) is 1.96. The highest BCUT2D eigenvalue weighted by molar-refractivity contribution is 5.61. The second-order valence-electron chi connectivity index (χ2n) is 2.77. The van der Waals surface area contributed by atoms with Gasteiger partial charge in [-0.3, -0.25) is 0 Å². The van der Waals surface area contributed by atoms with Crippen LogP contribution in [0.4, 0.5) is 0 Å². The molecule has 3 nitrogen and oxygen atoms in total. The Morgan fingerprint density at radius 1 is 1.25 bits per heavy atom. The fraction of sp³-hybridized carbons (Fsp3) is 0.333. The molecule has 0 radical (unpaired) electrons. The van der Waals surface area contributed by atoms with Gasteiger partial charge < -0.3 is 5.32 Å². The molecule has 1 aliphatic rings. The first-order valence-corrected chi connectivity index (χ1v) is 4.14. The molecule has 1 aromatic heterocycles. The Hall–Kier alpha value is -1.22. The maximum absolute atomic E-state index is 4.18. The van der Waals surface area contributed by atoms with Crippen LogP contribution in [0.5, 0.6) is 0 Å². The third kappa shape index (κ3) is 1.51. The average Bonchev–Trinajstić information content (AvgIpc) is 2.21. The second kappa shape index (κ2) is 3.45. The molecule has 1 N–H and O–H groups in total. The lowest BCUT2D eigenvalue weighted by atomic mass is 10.1. The summed E-state index contributed by atoms with van der Waals surface area (Å²) in [5.41, 5.74) is 1.21. The van der Waals surface area contributed by atoms with Crippen LogP contribution in [-0.4, -0.2) is 23.1 Å². The van der Waals surface area contributed by atoms with Gasteiger partial charge in [-0.1, -0.05) is 6.08 Å². The first-order valence-electron chi connectivity index (χ1n) is 4.14. The smallest absolute Gasteiger partial charge is 0.155 e. The second-order valence-corrected chi connectivity index (χ2v) is 2.77. The third-order valence-electron chi connectivity index (χ3n) is 1.88. The van der Waals surface area contributed by atoms with Crippen LogP contribution in [0, 0.1) is 0 Å². The Labute approximate surface area is 71.5 Å². The summed E-state index contributed by atoms with van der Waals surface area (Å²) < 4.78 is 0. The summed E-state index contributed by atoms with van der Waals surface area (Å²) in [4.78, 5) is 8.37. The van der Waals surface area contributed by atoms with E-state index in [9.17, 15) is 0 Å². The Morgan fingerprint density at radius 3 is 2.75 bits per heavy atom. The fourth-order valence-electron chi connectivity index (χ4n) is 1.28. The van der Waals surface area contributed by atoms with E-state index in [2.05, 4.69) is 21.4 Å². The van der Waals surface area contributed by atoms with Crippen LogP contribution in [0.2, 0.25) is 0 Å². The van der Waals surface area contributed by atoms with Gasteiger partial charge in [0.2, 0.25) is 0 Å². The third-order valence-corrected chi connectivity index (χ3v) is 1.88. The topological polar surface area (TPSA) is 37.8 Å². The molecule has 2 rings (SSSR count). The van der Waals surface area contributed by atoms with Gasteiger partial charge in [0.25, 0.3) is 0 Å². The van der Waals surface area contributed by atoms with Gasteiger partial charge in [-0.15, -0.1) is 0 Å². The molecule has 0 amide bonds. The van der Waals surface area contributed by atoms with E-state index >= 15 is 0 Å². The van der Waals surface area contributed by atoms with Crippen molar-refractivity contribution in [1.29, 1.82) is 0 Å². The molecule has 3 heteroatoms. The van der Waals surface area contributed by atoms with Gasteiger partial charge in [0.15, 0.2) is 5.82 Å². The van der Waals surface area contributed by atoms with E-state index in [1.165, 1.54) is 5.57 Å². The van der Waals surface area contributed by atoms with E-state index in [4.69, 9.17) is 0 Å². The molecule has 0 spiro atoms. The molecule has 0 fully saturated rings. The Balaban J connectivity index is 2.24. The Bertz CT molecular complexity index is 279. The van der Waals surface area contributed by atoms with Crippen molar-refractivity contribution in [3.05, 3.63) is 30.4 Å². The average molecular weight is 161 g/mol. The first-order chi connectivity index (χ1) is 5.97. The van der Waals surface area contributed by atoms with Crippen molar-refractivity contribution < 1.29 is 0 Å². The van der Waals surface area contributed by atoms with Gasteiger partial charge in [0.05, 0.1) is 0 Å². The molecule has 0 saturated carbocycles. The highest BCUT2D eigenvalue weighted by Crippen LogP contribution is 2.10. The molecule has 2 heterocycles. The standard InChI is InChI=1S/C9H11N3/c1-3-8(7-10-4-1)9-11-5-2-6-12-9/h2-3,5-6,10H,1,4,7H2. The zero-order chi connectivity index (χ0) is 8.23. The van der Waals surface area contributed by atoms with E-state index in [0.29, 0.717) is 0 Å². The van der Waals surface area contributed by atoms with Crippen LogP contribution in [0.3, 0.4) is 0 Å². The summed E-state index contributed by atoms with van der Waals surface area (Å²) in [5.74, 6) is 0.852. The number of aromatic nitrogens is 2. The minimum absolute atomic E-state index is 0.852. The van der Waals surface area contributed by atoms with E-state index in [1.54, 1.807) is 12.4 Å². The molecule has 0 unspecified atom stereocenters. The summed E-state index contributed by atoms with van der Waals surface area (Å²) in [5, 5.41) is 3.29. The van der Waals surface area contributed by atoms with Crippen LogP contribution in [0.1, 0.15) is 12.2 Å². The monoisotopic (exact) mass is 161 g/mol. The van der Waals surface area contributed by atoms with Crippen molar-refractivity contribution in [3.63, 3.8) is 0 Å². The van der Waals surface area contributed by atoms with Crippen molar-refractivity contribution in [1.82, 2.24) is 15.3 Å². The predicted octanol–water partition coefficient (Wildman–Crippen LogP) is 0.853. The highest BCUT2D eigenvalue weighted by Gasteiger charge is 2.06. The summed E-state index contributed by atoms with van der Waals surface area (Å²) in [6, 6.07) is 1.83. The van der Waals surface area contributed by atoms with Crippen molar-refractivity contribution >= 4 is 5.57 Å². The first kappa shape index (κ1) is 7.43. The Kier molecular flexibility index (Phi) is 2.14. The zero-order valence-corrected chi connectivity index (χ0v) is 6.83. The van der Waals surface area contributed by atoms with Gasteiger partial charge in [-0.05, 0) is 19.0 Å². The molecule has 0 bridgehead atoms. The minimum atomic E-state index is 0.852. The quantitative estimate of drug-likeness (QED) is 0.663. The molecule has 0 atom stereocenters. The van der Waals surface area contributed by atoms with Crippen molar-refractivity contribution in [2.24, 2.45) is 0 Å². The number of rotatable bonds is 1. The number of nitrogens with one attached hydrogen (secondary N) is 1. The van der Waals surface area contributed by atoms with E-state index in [0.717, 1.165) is 25.3 Å². The molecule has 0 saturated heterocycles. The van der Waals surface area contributed by atoms with E-state index < -0.39 is 0 Å². The lowest BCUT2D eigenvalue weighted by Crippen LogP contribution is -2.22. The molecule has 0 aliphatic carbocycles. The molecule has 0 aromatic carbocycles. The van der Waals surface area contributed by atoms with Gasteiger partial charge in [-0.25, -0.2) is 9.97 Å². The summed E-state index contributed by atoms with van der Waals surface area (Å²) in [6.07, 6.45) is 6.83. The highest BCUT2D eigenvalue weighted by atomic mass is 14.9. The number of hydrogen-bond donors (Lipinski definition) is 1. The zero-order valence-electron chi connectivity index (χ0n) is 6.83. The molecule has 12 heavy (non-hydrogen) atoms. The van der Waals surface area contributed by atoms with E-state index in [-0.39, 0.29) is 0 Å². The summed E-state index contributed by atoms with van der Waals surface area (Å²) in [7, 11) is 0. The fourth-order valence-corrected chi connectivity index (χ4v) is 1.28. The number of hydrogen-bond acceptors (Lipinski definition) is 3. The lowest BCUT2D eigenvalue weighted by molar-refractivity contribution is 0.734. The van der Waals surface area contributed by atoms with Crippen molar-refractivity contribution in [3.8, 4) is 0 Å². The van der Waals surface area contributed by atoms with Crippen LogP contribution in [0.15, 0.2) is 24.5 Å².